The molecular formula is C19H23N3O2S. The normalized spacial score (nSPS) is 13.9. The van der Waals surface area contributed by atoms with E-state index in [0.717, 1.165) is 34.2 Å². The number of carbonyl (C=O) groups excluding carboxylic acids is 2. The van der Waals surface area contributed by atoms with E-state index in [1.165, 1.54) is 12.8 Å². The molecule has 0 spiro atoms. The smallest absolute Gasteiger partial charge is 0.224 e. The van der Waals surface area contributed by atoms with Crippen LogP contribution in [0, 0.1) is 13.8 Å². The summed E-state index contributed by atoms with van der Waals surface area (Å²) in [5.41, 5.74) is 1.41. The summed E-state index contributed by atoms with van der Waals surface area (Å²) in [4.78, 5) is 33.1. The molecule has 0 saturated carbocycles. The molecule has 1 N–H and O–H groups in total. The molecule has 0 aliphatic carbocycles. The number of hydrogen-bond donors (Lipinski definition) is 1. The molecule has 0 atom stereocenters. The third-order valence-corrected chi connectivity index (χ3v) is 5.35. The number of anilines is 2. The SMILES string of the molecule is Cc1cc(C(=O)CCC(=O)Nc2ccc(N3CCCC3)nc2)c(C)s1. The number of thiophene rings is 1. The van der Waals surface area contributed by atoms with Crippen LogP contribution >= 0.6 is 11.3 Å². The van der Waals surface area contributed by atoms with Gasteiger partial charge in [0.2, 0.25) is 5.91 Å². The van der Waals surface area contributed by atoms with Crippen molar-refractivity contribution in [2.75, 3.05) is 23.3 Å². The number of amides is 1. The van der Waals surface area contributed by atoms with Gasteiger partial charge >= 0.3 is 0 Å². The van der Waals surface area contributed by atoms with Crippen molar-refractivity contribution in [1.82, 2.24) is 4.98 Å². The number of Topliss-reactive ketones (excluding diaryl/α,β-unsaturated/α-hetero) is 1. The summed E-state index contributed by atoms with van der Waals surface area (Å²) in [6.45, 7) is 6.02. The number of aromatic nitrogens is 1. The van der Waals surface area contributed by atoms with Gasteiger partial charge in [-0.1, -0.05) is 0 Å². The van der Waals surface area contributed by atoms with E-state index < -0.39 is 0 Å². The summed E-state index contributed by atoms with van der Waals surface area (Å²) < 4.78 is 0. The molecule has 1 saturated heterocycles. The van der Waals surface area contributed by atoms with Gasteiger partial charge in [-0.3, -0.25) is 9.59 Å². The number of rotatable bonds is 6. The number of nitrogens with one attached hydrogen (secondary N) is 1. The van der Waals surface area contributed by atoms with E-state index in [1.54, 1.807) is 17.5 Å². The van der Waals surface area contributed by atoms with Crippen molar-refractivity contribution < 1.29 is 9.59 Å². The maximum Gasteiger partial charge on any atom is 0.224 e. The molecule has 2 aromatic rings. The van der Waals surface area contributed by atoms with E-state index >= 15 is 0 Å². The Balaban J connectivity index is 1.50. The van der Waals surface area contributed by atoms with Crippen LogP contribution in [0.1, 0.15) is 45.8 Å². The van der Waals surface area contributed by atoms with E-state index in [9.17, 15) is 9.59 Å². The van der Waals surface area contributed by atoms with Gasteiger partial charge in [0.25, 0.3) is 0 Å². The molecule has 3 rings (SSSR count). The van der Waals surface area contributed by atoms with Crippen molar-refractivity contribution in [3.8, 4) is 0 Å². The second-order valence-corrected chi connectivity index (χ2v) is 7.86. The Morgan fingerprint density at radius 3 is 2.56 bits per heavy atom. The van der Waals surface area contributed by atoms with Gasteiger partial charge in [-0.2, -0.15) is 0 Å². The summed E-state index contributed by atoms with van der Waals surface area (Å²) in [5.74, 6) is 0.821. The van der Waals surface area contributed by atoms with Crippen molar-refractivity contribution in [1.29, 1.82) is 0 Å². The maximum absolute atomic E-state index is 12.2. The molecule has 0 bridgehead atoms. The van der Waals surface area contributed by atoms with E-state index in [0.29, 0.717) is 5.69 Å². The molecular weight excluding hydrogens is 334 g/mol. The molecule has 1 fully saturated rings. The summed E-state index contributed by atoms with van der Waals surface area (Å²) in [7, 11) is 0. The first-order valence-corrected chi connectivity index (χ1v) is 9.45. The monoisotopic (exact) mass is 357 g/mol. The third-order valence-electron chi connectivity index (χ3n) is 4.38. The van der Waals surface area contributed by atoms with Crippen LogP contribution in [-0.4, -0.2) is 29.8 Å². The van der Waals surface area contributed by atoms with Crippen molar-refractivity contribution >= 4 is 34.5 Å². The van der Waals surface area contributed by atoms with Gasteiger partial charge in [0.15, 0.2) is 5.78 Å². The Morgan fingerprint density at radius 1 is 1.20 bits per heavy atom. The summed E-state index contributed by atoms with van der Waals surface area (Å²) in [6.07, 6.45) is 4.50. The zero-order valence-electron chi connectivity index (χ0n) is 14.7. The molecule has 132 valence electrons. The first-order chi connectivity index (χ1) is 12.0. The largest absolute Gasteiger partial charge is 0.357 e. The lowest BCUT2D eigenvalue weighted by molar-refractivity contribution is -0.116. The molecule has 3 heterocycles. The molecule has 0 radical (unpaired) electrons. The fourth-order valence-corrected chi connectivity index (χ4v) is 4.03. The highest BCUT2D eigenvalue weighted by atomic mass is 32.1. The Morgan fingerprint density at radius 2 is 1.96 bits per heavy atom. The van der Waals surface area contributed by atoms with Gasteiger partial charge in [-0.25, -0.2) is 4.98 Å². The second-order valence-electron chi connectivity index (χ2n) is 6.40. The summed E-state index contributed by atoms with van der Waals surface area (Å²) in [5, 5.41) is 2.82. The molecule has 6 heteroatoms. The van der Waals surface area contributed by atoms with Gasteiger partial charge < -0.3 is 10.2 Å². The van der Waals surface area contributed by atoms with Crippen LogP contribution in [-0.2, 0) is 4.79 Å². The molecule has 2 aromatic heterocycles. The molecule has 1 amide bonds. The quantitative estimate of drug-likeness (QED) is 0.795. The van der Waals surface area contributed by atoms with Crippen molar-refractivity contribution in [3.63, 3.8) is 0 Å². The minimum absolute atomic E-state index is 0.0273. The molecule has 25 heavy (non-hydrogen) atoms. The van der Waals surface area contributed by atoms with Crippen molar-refractivity contribution in [3.05, 3.63) is 39.7 Å². The van der Waals surface area contributed by atoms with Crippen LogP contribution in [0.4, 0.5) is 11.5 Å². The standard InChI is InChI=1S/C19H23N3O2S/c1-13-11-16(14(2)25-13)17(23)6-8-19(24)21-15-5-7-18(20-12-15)22-9-3-4-10-22/h5,7,11-12H,3-4,6,8-10H2,1-2H3,(H,21,24). The number of aryl methyl sites for hydroxylation is 2. The Hall–Kier alpha value is -2.21. The second kappa shape index (κ2) is 7.78. The Labute approximate surface area is 152 Å². The maximum atomic E-state index is 12.2. The fourth-order valence-electron chi connectivity index (χ4n) is 3.09. The summed E-state index contributed by atoms with van der Waals surface area (Å²) in [6, 6.07) is 5.71. The molecule has 1 aliphatic heterocycles. The predicted molar refractivity (Wildman–Crippen MR) is 102 cm³/mol. The van der Waals surface area contributed by atoms with Crippen LogP contribution < -0.4 is 10.2 Å². The minimum atomic E-state index is -0.159. The van der Waals surface area contributed by atoms with Crippen LogP contribution in [0.25, 0.3) is 0 Å². The fraction of sp³-hybridized carbons (Fsp3) is 0.421. The van der Waals surface area contributed by atoms with Gasteiger partial charge in [-0.05, 0) is 44.9 Å². The first-order valence-electron chi connectivity index (χ1n) is 8.64. The van der Waals surface area contributed by atoms with Crippen LogP contribution in [0.5, 0.6) is 0 Å². The number of carbonyl (C=O) groups is 2. The number of pyridine rings is 1. The lowest BCUT2D eigenvalue weighted by Crippen LogP contribution is -2.19. The van der Waals surface area contributed by atoms with E-state index in [-0.39, 0.29) is 24.5 Å². The Kier molecular flexibility index (Phi) is 5.48. The lowest BCUT2D eigenvalue weighted by atomic mass is 10.1. The highest BCUT2D eigenvalue weighted by molar-refractivity contribution is 7.12. The molecule has 5 nitrogen and oxygen atoms in total. The highest BCUT2D eigenvalue weighted by Crippen LogP contribution is 2.22. The van der Waals surface area contributed by atoms with Crippen LogP contribution in [0.3, 0.4) is 0 Å². The number of ketones is 1. The summed E-state index contributed by atoms with van der Waals surface area (Å²) >= 11 is 1.61. The number of nitrogens with zero attached hydrogens (tertiary/aromatic N) is 2. The van der Waals surface area contributed by atoms with Crippen molar-refractivity contribution in [2.45, 2.75) is 39.5 Å². The Bertz CT molecular complexity index is 761. The first kappa shape index (κ1) is 17.6. The lowest BCUT2D eigenvalue weighted by Gasteiger charge is -2.16. The minimum Gasteiger partial charge on any atom is -0.357 e. The zero-order valence-corrected chi connectivity index (χ0v) is 15.5. The topological polar surface area (TPSA) is 62.3 Å². The van der Waals surface area contributed by atoms with E-state index in [4.69, 9.17) is 0 Å². The van der Waals surface area contributed by atoms with Crippen LogP contribution in [0.15, 0.2) is 24.4 Å². The van der Waals surface area contributed by atoms with Crippen molar-refractivity contribution in [2.24, 2.45) is 0 Å². The molecule has 0 unspecified atom stereocenters. The molecule has 0 aromatic carbocycles. The van der Waals surface area contributed by atoms with E-state index in [1.807, 2.05) is 32.0 Å². The highest BCUT2D eigenvalue weighted by Gasteiger charge is 2.15. The van der Waals surface area contributed by atoms with Gasteiger partial charge in [0.05, 0.1) is 11.9 Å². The third kappa shape index (κ3) is 4.45. The predicted octanol–water partition coefficient (Wildman–Crippen LogP) is 3.96. The zero-order chi connectivity index (χ0) is 17.8. The van der Waals surface area contributed by atoms with Gasteiger partial charge in [0.1, 0.15) is 5.82 Å². The molecule has 1 aliphatic rings. The van der Waals surface area contributed by atoms with E-state index in [2.05, 4.69) is 15.2 Å². The van der Waals surface area contributed by atoms with Crippen LogP contribution in [0.2, 0.25) is 0 Å². The van der Waals surface area contributed by atoms with Gasteiger partial charge in [-0.15, -0.1) is 11.3 Å². The van der Waals surface area contributed by atoms with Gasteiger partial charge in [0, 0.05) is 41.2 Å². The average Bonchev–Trinajstić information content (AvgIpc) is 3.23. The average molecular weight is 357 g/mol. The number of hydrogen-bond acceptors (Lipinski definition) is 5.